The first kappa shape index (κ1) is 17.1. The topological polar surface area (TPSA) is 38.5 Å². The van der Waals surface area contributed by atoms with Crippen LogP contribution >= 0.6 is 12.4 Å². The predicted octanol–water partition coefficient (Wildman–Crippen LogP) is 2.79. The molecule has 2 atom stereocenters. The summed E-state index contributed by atoms with van der Waals surface area (Å²) >= 11 is 0. The summed E-state index contributed by atoms with van der Waals surface area (Å²) in [5.74, 6) is 0.221. The van der Waals surface area contributed by atoms with Gasteiger partial charge in [-0.1, -0.05) is 25.1 Å². The Kier molecular flexibility index (Phi) is 5.68. The van der Waals surface area contributed by atoms with E-state index in [-0.39, 0.29) is 24.2 Å². The third-order valence-electron chi connectivity index (χ3n) is 3.34. The number of ether oxygens (including phenoxy) is 1. The number of nitrogens with two attached hydrogens (primary N) is 1. The Morgan fingerprint density at radius 2 is 1.95 bits per heavy atom. The van der Waals surface area contributed by atoms with Gasteiger partial charge in [0.15, 0.2) is 0 Å². The molecule has 0 spiro atoms. The summed E-state index contributed by atoms with van der Waals surface area (Å²) in [6.45, 7) is 3.95. The molecule has 1 aromatic rings. The molecule has 0 saturated carbocycles. The lowest BCUT2D eigenvalue weighted by Crippen LogP contribution is -2.28. The highest BCUT2D eigenvalue weighted by molar-refractivity contribution is 5.85. The first-order chi connectivity index (χ1) is 8.85. The zero-order chi connectivity index (χ0) is 14.0. The van der Waals surface area contributed by atoms with Crippen molar-refractivity contribution in [2.45, 2.75) is 25.9 Å². The zero-order valence-corrected chi connectivity index (χ0v) is 11.9. The van der Waals surface area contributed by atoms with Gasteiger partial charge in [-0.05, 0) is 12.0 Å². The van der Waals surface area contributed by atoms with Crippen molar-refractivity contribution in [3.05, 3.63) is 29.8 Å². The van der Waals surface area contributed by atoms with Gasteiger partial charge in [0.05, 0.1) is 0 Å². The minimum Gasteiger partial charge on any atom is -0.405 e. The molecule has 114 valence electrons. The van der Waals surface area contributed by atoms with E-state index in [0.29, 0.717) is 24.6 Å². The SMILES string of the molecule is CC1CN(Cc2ccccc2OC(F)(F)F)CC1N.Cl. The molecule has 1 aliphatic heterocycles. The fourth-order valence-electron chi connectivity index (χ4n) is 2.32. The van der Waals surface area contributed by atoms with Crippen LogP contribution in [-0.2, 0) is 6.54 Å². The smallest absolute Gasteiger partial charge is 0.405 e. The summed E-state index contributed by atoms with van der Waals surface area (Å²) in [6, 6.07) is 6.30. The Labute approximate surface area is 122 Å². The number of para-hydroxylation sites is 1. The highest BCUT2D eigenvalue weighted by Gasteiger charge is 2.33. The minimum absolute atomic E-state index is 0. The summed E-state index contributed by atoms with van der Waals surface area (Å²) in [5, 5.41) is 0. The van der Waals surface area contributed by atoms with E-state index in [9.17, 15) is 13.2 Å². The maximum absolute atomic E-state index is 12.3. The summed E-state index contributed by atoms with van der Waals surface area (Å²) in [4.78, 5) is 2.05. The molecular weight excluding hydrogens is 293 g/mol. The van der Waals surface area contributed by atoms with Crippen molar-refractivity contribution in [2.75, 3.05) is 13.1 Å². The average Bonchev–Trinajstić information content (AvgIpc) is 2.59. The third-order valence-corrected chi connectivity index (χ3v) is 3.34. The van der Waals surface area contributed by atoms with Crippen molar-refractivity contribution in [2.24, 2.45) is 11.7 Å². The lowest BCUT2D eigenvalue weighted by Gasteiger charge is -2.18. The van der Waals surface area contributed by atoms with Gasteiger partial charge in [0, 0.05) is 31.2 Å². The number of hydrogen-bond acceptors (Lipinski definition) is 3. The Morgan fingerprint density at radius 3 is 2.50 bits per heavy atom. The lowest BCUT2D eigenvalue weighted by molar-refractivity contribution is -0.275. The first-order valence-electron chi connectivity index (χ1n) is 6.17. The number of hydrogen-bond donors (Lipinski definition) is 1. The largest absolute Gasteiger partial charge is 0.573 e. The summed E-state index contributed by atoms with van der Waals surface area (Å²) in [6.07, 6.45) is -4.66. The van der Waals surface area contributed by atoms with Crippen LogP contribution in [0.15, 0.2) is 24.3 Å². The van der Waals surface area contributed by atoms with Gasteiger partial charge in [-0.2, -0.15) is 0 Å². The quantitative estimate of drug-likeness (QED) is 0.933. The van der Waals surface area contributed by atoms with Crippen LogP contribution in [0, 0.1) is 5.92 Å². The Morgan fingerprint density at radius 1 is 1.30 bits per heavy atom. The molecule has 20 heavy (non-hydrogen) atoms. The van der Waals surface area contributed by atoms with Crippen molar-refractivity contribution in [1.29, 1.82) is 0 Å². The van der Waals surface area contributed by atoms with Gasteiger partial charge in [-0.3, -0.25) is 4.90 Å². The zero-order valence-electron chi connectivity index (χ0n) is 11.1. The Balaban J connectivity index is 0.00000200. The van der Waals surface area contributed by atoms with E-state index in [1.54, 1.807) is 12.1 Å². The summed E-state index contributed by atoms with van der Waals surface area (Å²) in [7, 11) is 0. The maximum Gasteiger partial charge on any atom is 0.573 e. The molecule has 0 amide bonds. The molecule has 1 aromatic carbocycles. The van der Waals surface area contributed by atoms with Gasteiger partial charge >= 0.3 is 6.36 Å². The highest BCUT2D eigenvalue weighted by Crippen LogP contribution is 2.28. The van der Waals surface area contributed by atoms with E-state index >= 15 is 0 Å². The molecule has 3 nitrogen and oxygen atoms in total. The molecule has 0 aliphatic carbocycles. The number of nitrogens with zero attached hydrogens (tertiary/aromatic N) is 1. The molecule has 7 heteroatoms. The predicted molar refractivity (Wildman–Crippen MR) is 72.8 cm³/mol. The minimum atomic E-state index is -4.66. The number of halogens is 4. The number of rotatable bonds is 3. The monoisotopic (exact) mass is 310 g/mol. The summed E-state index contributed by atoms with van der Waals surface area (Å²) in [5.41, 5.74) is 6.44. The van der Waals surface area contributed by atoms with E-state index in [2.05, 4.69) is 4.74 Å². The lowest BCUT2D eigenvalue weighted by atomic mass is 10.1. The van der Waals surface area contributed by atoms with E-state index in [1.165, 1.54) is 12.1 Å². The maximum atomic E-state index is 12.3. The van der Waals surface area contributed by atoms with Crippen LogP contribution < -0.4 is 10.5 Å². The molecule has 0 bridgehead atoms. The van der Waals surface area contributed by atoms with Gasteiger partial charge in [0.25, 0.3) is 0 Å². The molecule has 2 N–H and O–H groups in total. The first-order valence-corrected chi connectivity index (χ1v) is 6.17. The number of benzene rings is 1. The second kappa shape index (κ2) is 6.65. The van der Waals surface area contributed by atoms with Crippen LogP contribution in [0.3, 0.4) is 0 Å². The van der Waals surface area contributed by atoms with E-state index < -0.39 is 6.36 Å². The van der Waals surface area contributed by atoms with Gasteiger partial charge in [-0.15, -0.1) is 25.6 Å². The van der Waals surface area contributed by atoms with Crippen molar-refractivity contribution in [3.63, 3.8) is 0 Å². The van der Waals surface area contributed by atoms with Crippen LogP contribution in [0.5, 0.6) is 5.75 Å². The van der Waals surface area contributed by atoms with Crippen molar-refractivity contribution >= 4 is 12.4 Å². The average molecular weight is 311 g/mol. The van der Waals surface area contributed by atoms with Crippen LogP contribution in [0.1, 0.15) is 12.5 Å². The molecule has 2 unspecified atom stereocenters. The van der Waals surface area contributed by atoms with Crippen LogP contribution in [0.4, 0.5) is 13.2 Å². The standard InChI is InChI=1S/C13H17F3N2O.ClH/c1-9-6-18(8-11(9)17)7-10-4-2-3-5-12(10)19-13(14,15)16;/h2-5,9,11H,6-8,17H2,1H3;1H. The van der Waals surface area contributed by atoms with Gasteiger partial charge in [0.2, 0.25) is 0 Å². The molecule has 1 aliphatic rings. The van der Waals surface area contributed by atoms with Gasteiger partial charge in [0.1, 0.15) is 5.75 Å². The third kappa shape index (κ3) is 4.54. The summed E-state index contributed by atoms with van der Waals surface area (Å²) < 4.78 is 40.9. The van der Waals surface area contributed by atoms with Gasteiger partial charge in [-0.25, -0.2) is 0 Å². The molecule has 1 heterocycles. The molecule has 2 rings (SSSR count). The van der Waals surface area contributed by atoms with Crippen LogP contribution in [0.2, 0.25) is 0 Å². The van der Waals surface area contributed by atoms with E-state index in [4.69, 9.17) is 5.73 Å². The van der Waals surface area contributed by atoms with Crippen LogP contribution in [-0.4, -0.2) is 30.4 Å². The highest BCUT2D eigenvalue weighted by atomic mass is 35.5. The molecule has 1 saturated heterocycles. The van der Waals surface area contributed by atoms with E-state index in [1.807, 2.05) is 11.8 Å². The van der Waals surface area contributed by atoms with Crippen molar-refractivity contribution in [3.8, 4) is 5.75 Å². The van der Waals surface area contributed by atoms with Crippen LogP contribution in [0.25, 0.3) is 0 Å². The van der Waals surface area contributed by atoms with E-state index in [0.717, 1.165) is 6.54 Å². The second-order valence-electron chi connectivity index (χ2n) is 4.99. The molecule has 1 fully saturated rings. The normalized spacial score (nSPS) is 23.4. The second-order valence-corrected chi connectivity index (χ2v) is 4.99. The molecule has 0 radical (unpaired) electrons. The molecule has 0 aromatic heterocycles. The Hall–Kier alpha value is -0.980. The van der Waals surface area contributed by atoms with Crippen molar-refractivity contribution < 1.29 is 17.9 Å². The molecular formula is C13H18ClF3N2O. The number of alkyl halides is 3. The Bertz CT molecular complexity index is 432. The number of likely N-dealkylation sites (tertiary alicyclic amines) is 1. The van der Waals surface area contributed by atoms with Gasteiger partial charge < -0.3 is 10.5 Å². The fourth-order valence-corrected chi connectivity index (χ4v) is 2.32. The van der Waals surface area contributed by atoms with Crippen molar-refractivity contribution in [1.82, 2.24) is 4.90 Å². The fraction of sp³-hybridized carbons (Fsp3) is 0.538.